The van der Waals surface area contributed by atoms with E-state index >= 15 is 0 Å². The number of likely N-dealkylation sites (tertiary alicyclic amines) is 1. The number of piperazine rings is 1. The lowest BCUT2D eigenvalue weighted by molar-refractivity contribution is -0.165. The summed E-state index contributed by atoms with van der Waals surface area (Å²) in [7, 11) is 0. The Hall–Kier alpha value is -3.14. The summed E-state index contributed by atoms with van der Waals surface area (Å²) in [5, 5.41) is 23.5. The molecule has 45 heavy (non-hydrogen) atoms. The molecule has 2 aliphatic heterocycles. The quantitative estimate of drug-likeness (QED) is 0.285. The maximum absolute atomic E-state index is 13.9. The van der Waals surface area contributed by atoms with Gasteiger partial charge in [-0.3, -0.25) is 14.5 Å². The molecule has 1 spiro atoms. The highest BCUT2D eigenvalue weighted by Crippen LogP contribution is 2.36. The number of carboxylic acid groups (broad SMARTS) is 1. The van der Waals surface area contributed by atoms with Gasteiger partial charge in [0.05, 0.1) is 11.7 Å². The van der Waals surface area contributed by atoms with E-state index < -0.39 is 23.7 Å². The fraction of sp³-hybridized carbons (Fsp3) is 0.571. The van der Waals surface area contributed by atoms with Crippen molar-refractivity contribution in [1.82, 2.24) is 15.1 Å². The summed E-state index contributed by atoms with van der Waals surface area (Å²) in [6.07, 6.45) is 8.31. The van der Waals surface area contributed by atoms with Crippen LogP contribution < -0.4 is 10.1 Å². The van der Waals surface area contributed by atoms with Crippen LogP contribution in [-0.2, 0) is 16.1 Å². The van der Waals surface area contributed by atoms with Crippen LogP contribution in [0, 0.1) is 12.8 Å². The fourth-order valence-corrected chi connectivity index (χ4v) is 7.16. The Morgan fingerprint density at radius 2 is 1.71 bits per heavy atom. The highest BCUT2D eigenvalue weighted by molar-refractivity contribution is 6.00. The minimum Gasteiger partial charge on any atom is -0.478 e. The number of halogens is 1. The Kier molecular flexibility index (Phi) is 11.9. The monoisotopic (exact) mass is 641 g/mol. The molecule has 3 N–H and O–H groups in total. The number of carbonyl (C=O) groups is 3. The first-order valence-electron chi connectivity index (χ1n) is 16.4. The van der Waals surface area contributed by atoms with Crippen LogP contribution in [0.3, 0.4) is 0 Å². The summed E-state index contributed by atoms with van der Waals surface area (Å²) in [6, 6.07) is 11.8. The van der Waals surface area contributed by atoms with E-state index in [1.165, 1.54) is 18.9 Å². The standard InChI is InChI=1S/C35H47N3O6.ClH/c1-3-4-19-38-32(40)30(31(39)26-9-7-5-6-8-10-26)36-34(43)35(38)17-20-37(21-18-35)23-25-11-14-28(15-12-25)44-29-16-13-27(33(41)42)22-24(29)2;/h11-16,22,26,30-31,39H,3-10,17-21,23H2,1-2H3,(H,36,43)(H,41,42);1H/t30-,31-;/m1./s1. The number of rotatable bonds is 10. The lowest BCUT2D eigenvalue weighted by Crippen LogP contribution is -2.75. The van der Waals surface area contributed by atoms with Crippen LogP contribution in [0.5, 0.6) is 11.5 Å². The second-order valence-electron chi connectivity index (χ2n) is 12.9. The lowest BCUT2D eigenvalue weighted by atomic mass is 9.79. The minimum absolute atomic E-state index is 0. The number of nitrogens with one attached hydrogen (secondary N) is 1. The number of carbonyl (C=O) groups excluding carboxylic acids is 2. The molecule has 2 atom stereocenters. The number of unbranched alkanes of at least 4 members (excludes halogenated alkanes) is 1. The SMILES string of the molecule is CCCCN1C(=O)[C@@H]([C@H](O)C2CCCCCC2)NC(=O)C12CCN(Cc1ccc(Oc3ccc(C(=O)O)cc3C)cc1)CC2.Cl. The predicted molar refractivity (Wildman–Crippen MR) is 175 cm³/mol. The van der Waals surface area contributed by atoms with Gasteiger partial charge in [-0.05, 0) is 86.4 Å². The fourth-order valence-electron chi connectivity index (χ4n) is 7.16. The normalized spacial score (nSPS) is 21.5. The van der Waals surface area contributed by atoms with Crippen molar-refractivity contribution >= 4 is 30.2 Å². The van der Waals surface area contributed by atoms with Crippen molar-refractivity contribution in [2.45, 2.75) is 102 Å². The third-order valence-electron chi connectivity index (χ3n) is 9.88. The third-order valence-corrected chi connectivity index (χ3v) is 9.88. The Labute approximate surface area is 272 Å². The molecule has 5 rings (SSSR count). The molecule has 2 saturated heterocycles. The van der Waals surface area contributed by atoms with Gasteiger partial charge in [-0.1, -0.05) is 51.2 Å². The number of aromatic carboxylic acids is 1. The number of carboxylic acids is 1. The molecule has 0 bridgehead atoms. The maximum Gasteiger partial charge on any atom is 0.335 e. The number of aryl methyl sites for hydroxylation is 1. The van der Waals surface area contributed by atoms with Crippen LogP contribution in [0.1, 0.15) is 92.6 Å². The van der Waals surface area contributed by atoms with Crippen molar-refractivity contribution in [3.05, 3.63) is 59.2 Å². The van der Waals surface area contributed by atoms with Crippen molar-refractivity contribution in [2.75, 3.05) is 19.6 Å². The van der Waals surface area contributed by atoms with E-state index in [1.54, 1.807) is 12.1 Å². The molecule has 9 nitrogen and oxygen atoms in total. The van der Waals surface area contributed by atoms with Crippen molar-refractivity contribution in [3.63, 3.8) is 0 Å². The van der Waals surface area contributed by atoms with Gasteiger partial charge in [0.25, 0.3) is 0 Å². The lowest BCUT2D eigenvalue weighted by Gasteiger charge is -2.52. The summed E-state index contributed by atoms with van der Waals surface area (Å²) >= 11 is 0. The second kappa shape index (κ2) is 15.4. The molecule has 2 aromatic rings. The van der Waals surface area contributed by atoms with Crippen molar-refractivity contribution in [1.29, 1.82) is 0 Å². The van der Waals surface area contributed by atoms with E-state index in [0.717, 1.165) is 56.2 Å². The Morgan fingerprint density at radius 1 is 1.04 bits per heavy atom. The zero-order valence-corrected chi connectivity index (χ0v) is 27.3. The van der Waals surface area contributed by atoms with Gasteiger partial charge in [0.1, 0.15) is 23.1 Å². The number of aliphatic hydroxyl groups is 1. The second-order valence-corrected chi connectivity index (χ2v) is 12.9. The number of hydrogen-bond acceptors (Lipinski definition) is 6. The number of piperidine rings is 1. The summed E-state index contributed by atoms with van der Waals surface area (Å²) < 4.78 is 5.99. The van der Waals surface area contributed by atoms with Crippen molar-refractivity contribution in [2.24, 2.45) is 5.92 Å². The third kappa shape index (κ3) is 7.81. The molecule has 3 aliphatic rings. The molecule has 246 valence electrons. The van der Waals surface area contributed by atoms with Gasteiger partial charge in [0.15, 0.2) is 0 Å². The van der Waals surface area contributed by atoms with Crippen LogP contribution in [0.15, 0.2) is 42.5 Å². The van der Waals surface area contributed by atoms with Gasteiger partial charge >= 0.3 is 5.97 Å². The number of ether oxygens (including phenoxy) is 1. The summed E-state index contributed by atoms with van der Waals surface area (Å²) in [6.45, 7) is 6.54. The maximum atomic E-state index is 13.9. The molecular weight excluding hydrogens is 594 g/mol. The first-order valence-corrected chi connectivity index (χ1v) is 16.4. The molecule has 10 heteroatoms. The number of amides is 2. The van der Waals surface area contributed by atoms with E-state index in [1.807, 2.05) is 36.1 Å². The van der Waals surface area contributed by atoms with E-state index in [9.17, 15) is 24.6 Å². The highest BCUT2D eigenvalue weighted by Gasteiger charge is 2.55. The number of hydrogen-bond donors (Lipinski definition) is 3. The van der Waals surface area contributed by atoms with Gasteiger partial charge < -0.3 is 25.2 Å². The van der Waals surface area contributed by atoms with E-state index in [-0.39, 0.29) is 35.7 Å². The molecular formula is C35H48ClN3O6. The molecule has 1 aliphatic carbocycles. The summed E-state index contributed by atoms with van der Waals surface area (Å²) in [5.41, 5.74) is 1.22. The highest BCUT2D eigenvalue weighted by atomic mass is 35.5. The largest absolute Gasteiger partial charge is 0.478 e. The van der Waals surface area contributed by atoms with Crippen LogP contribution >= 0.6 is 12.4 Å². The Bertz CT molecular complexity index is 1320. The molecule has 2 heterocycles. The first kappa shape index (κ1) is 34.7. The number of nitrogens with zero attached hydrogens (tertiary/aromatic N) is 2. The van der Waals surface area contributed by atoms with Gasteiger partial charge in [0.2, 0.25) is 11.8 Å². The zero-order valence-electron chi connectivity index (χ0n) is 26.5. The van der Waals surface area contributed by atoms with Gasteiger partial charge in [0, 0.05) is 26.2 Å². The minimum atomic E-state index is -0.968. The molecule has 0 aromatic heterocycles. The predicted octanol–water partition coefficient (Wildman–Crippen LogP) is 5.70. The zero-order chi connectivity index (χ0) is 31.3. The van der Waals surface area contributed by atoms with Crippen LogP contribution in [0.2, 0.25) is 0 Å². The van der Waals surface area contributed by atoms with Crippen LogP contribution in [0.4, 0.5) is 0 Å². The Morgan fingerprint density at radius 3 is 2.31 bits per heavy atom. The van der Waals surface area contributed by atoms with E-state index in [0.29, 0.717) is 44.0 Å². The summed E-state index contributed by atoms with van der Waals surface area (Å²) in [4.78, 5) is 43.1. The van der Waals surface area contributed by atoms with Crippen molar-refractivity contribution in [3.8, 4) is 11.5 Å². The average molecular weight is 642 g/mol. The molecule has 2 amide bonds. The smallest absolute Gasteiger partial charge is 0.335 e. The molecule has 0 radical (unpaired) electrons. The summed E-state index contributed by atoms with van der Waals surface area (Å²) in [5.74, 6) is 0.132. The van der Waals surface area contributed by atoms with Gasteiger partial charge in [-0.15, -0.1) is 12.4 Å². The van der Waals surface area contributed by atoms with E-state index in [2.05, 4.69) is 17.1 Å². The first-order chi connectivity index (χ1) is 21.2. The molecule has 1 saturated carbocycles. The Balaban J connectivity index is 0.00000461. The van der Waals surface area contributed by atoms with Crippen molar-refractivity contribution < 1.29 is 29.3 Å². The molecule has 2 aromatic carbocycles. The van der Waals surface area contributed by atoms with Crippen LogP contribution in [-0.4, -0.2) is 75.1 Å². The molecule has 3 fully saturated rings. The number of aliphatic hydroxyl groups excluding tert-OH is 1. The van der Waals surface area contributed by atoms with Crippen LogP contribution in [0.25, 0.3) is 0 Å². The average Bonchev–Trinajstić information content (AvgIpc) is 3.31. The van der Waals surface area contributed by atoms with Gasteiger partial charge in [-0.2, -0.15) is 0 Å². The molecule has 0 unspecified atom stereocenters. The van der Waals surface area contributed by atoms with E-state index in [4.69, 9.17) is 4.74 Å². The topological polar surface area (TPSA) is 119 Å². The number of benzene rings is 2. The van der Waals surface area contributed by atoms with Gasteiger partial charge in [-0.25, -0.2) is 4.79 Å².